The average molecular weight is 319 g/mol. The minimum absolute atomic E-state index is 0.228. The van der Waals surface area contributed by atoms with Gasteiger partial charge >= 0.3 is 0 Å². The molecule has 2 fully saturated rings. The molecule has 2 unspecified atom stereocenters. The number of piperidine rings is 2. The number of benzene rings is 1. The SMILES string of the molecule is OC1(CCCCCF)CC2CCCC(C1)N2Cc1ccccc1. The van der Waals surface area contributed by atoms with Crippen LogP contribution in [0.25, 0.3) is 0 Å². The van der Waals surface area contributed by atoms with E-state index in [0.717, 1.165) is 38.6 Å². The molecule has 1 N–H and O–H groups in total. The second-order valence-corrected chi connectivity index (χ2v) is 7.53. The summed E-state index contributed by atoms with van der Waals surface area (Å²) in [6, 6.07) is 11.7. The fraction of sp³-hybridized carbons (Fsp3) is 0.700. The van der Waals surface area contributed by atoms with Gasteiger partial charge in [-0.3, -0.25) is 9.29 Å². The summed E-state index contributed by atoms with van der Waals surface area (Å²) in [4.78, 5) is 2.63. The van der Waals surface area contributed by atoms with Crippen molar-refractivity contribution in [1.82, 2.24) is 4.90 Å². The van der Waals surface area contributed by atoms with Gasteiger partial charge in [-0.25, -0.2) is 0 Å². The molecule has 1 aromatic rings. The highest BCUT2D eigenvalue weighted by molar-refractivity contribution is 5.15. The fourth-order valence-electron chi connectivity index (χ4n) is 4.60. The molecule has 0 aromatic heterocycles. The molecular formula is C20H30FNO. The quantitative estimate of drug-likeness (QED) is 0.750. The summed E-state index contributed by atoms with van der Waals surface area (Å²) in [7, 11) is 0. The minimum Gasteiger partial charge on any atom is -0.390 e. The van der Waals surface area contributed by atoms with E-state index in [1.54, 1.807) is 0 Å². The van der Waals surface area contributed by atoms with E-state index in [9.17, 15) is 9.50 Å². The number of rotatable bonds is 7. The van der Waals surface area contributed by atoms with Gasteiger partial charge in [-0.05, 0) is 44.1 Å². The molecule has 3 heteroatoms. The molecule has 2 aliphatic heterocycles. The van der Waals surface area contributed by atoms with Crippen LogP contribution in [0.5, 0.6) is 0 Å². The number of hydrogen-bond donors (Lipinski definition) is 1. The van der Waals surface area contributed by atoms with Crippen molar-refractivity contribution in [1.29, 1.82) is 0 Å². The van der Waals surface area contributed by atoms with Gasteiger partial charge in [0.05, 0.1) is 12.3 Å². The van der Waals surface area contributed by atoms with E-state index in [1.807, 2.05) is 0 Å². The molecule has 1 aromatic carbocycles. The van der Waals surface area contributed by atoms with E-state index in [4.69, 9.17) is 0 Å². The average Bonchev–Trinajstić information content (AvgIpc) is 2.54. The summed E-state index contributed by atoms with van der Waals surface area (Å²) >= 11 is 0. The highest BCUT2D eigenvalue weighted by Crippen LogP contribution is 2.42. The van der Waals surface area contributed by atoms with Gasteiger partial charge in [-0.15, -0.1) is 0 Å². The van der Waals surface area contributed by atoms with Crippen molar-refractivity contribution in [2.45, 2.75) is 82.0 Å². The molecule has 0 aliphatic carbocycles. The van der Waals surface area contributed by atoms with Crippen LogP contribution in [-0.2, 0) is 6.54 Å². The van der Waals surface area contributed by atoms with Crippen molar-refractivity contribution < 1.29 is 9.50 Å². The Morgan fingerprint density at radius 1 is 1.04 bits per heavy atom. The first-order chi connectivity index (χ1) is 11.2. The molecule has 0 saturated carbocycles. The molecule has 2 atom stereocenters. The van der Waals surface area contributed by atoms with Gasteiger partial charge in [0.2, 0.25) is 0 Å². The Kier molecular flexibility index (Phi) is 5.71. The van der Waals surface area contributed by atoms with Crippen molar-refractivity contribution in [2.24, 2.45) is 0 Å². The van der Waals surface area contributed by atoms with Gasteiger partial charge in [-0.1, -0.05) is 49.6 Å². The third-order valence-corrected chi connectivity index (χ3v) is 5.73. The standard InChI is InChI=1S/C20H30FNO/c21-13-6-2-5-12-20(23)14-18-10-7-11-19(15-20)22(18)16-17-8-3-1-4-9-17/h1,3-4,8-9,18-19,23H,2,5-7,10-16H2. The lowest BCUT2D eigenvalue weighted by molar-refractivity contribution is -0.0999. The Morgan fingerprint density at radius 3 is 2.39 bits per heavy atom. The van der Waals surface area contributed by atoms with Crippen LogP contribution in [0.1, 0.15) is 63.4 Å². The van der Waals surface area contributed by atoms with E-state index in [2.05, 4.69) is 35.2 Å². The summed E-state index contributed by atoms with van der Waals surface area (Å²) in [5.41, 5.74) is 0.858. The first-order valence-electron chi connectivity index (χ1n) is 9.28. The third-order valence-electron chi connectivity index (χ3n) is 5.73. The van der Waals surface area contributed by atoms with E-state index < -0.39 is 5.60 Å². The Labute approximate surface area is 139 Å². The van der Waals surface area contributed by atoms with E-state index >= 15 is 0 Å². The van der Waals surface area contributed by atoms with Crippen molar-refractivity contribution in [3.05, 3.63) is 35.9 Å². The molecule has 2 saturated heterocycles. The molecule has 2 nitrogen and oxygen atoms in total. The van der Waals surface area contributed by atoms with Crippen LogP contribution >= 0.6 is 0 Å². The summed E-state index contributed by atoms with van der Waals surface area (Å²) in [6.07, 6.45) is 8.84. The normalized spacial score (nSPS) is 31.2. The van der Waals surface area contributed by atoms with Crippen LogP contribution in [0.3, 0.4) is 0 Å². The zero-order valence-corrected chi connectivity index (χ0v) is 14.1. The molecule has 0 spiro atoms. The van der Waals surface area contributed by atoms with Gasteiger partial charge in [0, 0.05) is 18.6 Å². The van der Waals surface area contributed by atoms with E-state index in [-0.39, 0.29) is 6.67 Å². The highest BCUT2D eigenvalue weighted by Gasteiger charge is 2.44. The number of aliphatic hydroxyl groups is 1. The van der Waals surface area contributed by atoms with Crippen molar-refractivity contribution in [3.8, 4) is 0 Å². The maximum atomic E-state index is 12.2. The maximum Gasteiger partial charge on any atom is 0.0894 e. The van der Waals surface area contributed by atoms with Crippen LogP contribution < -0.4 is 0 Å². The van der Waals surface area contributed by atoms with Crippen molar-refractivity contribution in [2.75, 3.05) is 6.67 Å². The van der Waals surface area contributed by atoms with Crippen LogP contribution in [0.4, 0.5) is 4.39 Å². The van der Waals surface area contributed by atoms with Crippen LogP contribution in [0.15, 0.2) is 30.3 Å². The van der Waals surface area contributed by atoms with Gasteiger partial charge < -0.3 is 5.11 Å². The zero-order valence-electron chi connectivity index (χ0n) is 14.1. The second-order valence-electron chi connectivity index (χ2n) is 7.53. The van der Waals surface area contributed by atoms with Gasteiger partial charge in [0.15, 0.2) is 0 Å². The molecule has 0 amide bonds. The summed E-state index contributed by atoms with van der Waals surface area (Å²) in [6.45, 7) is 0.780. The minimum atomic E-state index is -0.515. The van der Waals surface area contributed by atoms with Crippen molar-refractivity contribution in [3.63, 3.8) is 0 Å². The number of unbranched alkanes of at least 4 members (excludes halogenated alkanes) is 2. The predicted molar refractivity (Wildman–Crippen MR) is 92.0 cm³/mol. The van der Waals surface area contributed by atoms with Crippen LogP contribution in [-0.4, -0.2) is 34.4 Å². The number of halogens is 1. The van der Waals surface area contributed by atoms with Gasteiger partial charge in [0.25, 0.3) is 0 Å². The van der Waals surface area contributed by atoms with Crippen LogP contribution in [0.2, 0.25) is 0 Å². The Balaban J connectivity index is 1.61. The van der Waals surface area contributed by atoms with Gasteiger partial charge in [0.1, 0.15) is 0 Å². The lowest BCUT2D eigenvalue weighted by Gasteiger charge is -2.52. The molecular weight excluding hydrogens is 289 g/mol. The second kappa shape index (κ2) is 7.76. The third kappa shape index (κ3) is 4.33. The Hall–Kier alpha value is -0.930. The van der Waals surface area contributed by atoms with Crippen LogP contribution in [0, 0.1) is 0 Å². The zero-order chi connectivity index (χ0) is 16.1. The Morgan fingerprint density at radius 2 is 1.74 bits per heavy atom. The lowest BCUT2D eigenvalue weighted by atomic mass is 9.73. The number of nitrogens with zero attached hydrogens (tertiary/aromatic N) is 1. The van der Waals surface area contributed by atoms with E-state index in [0.29, 0.717) is 18.5 Å². The van der Waals surface area contributed by atoms with Crippen molar-refractivity contribution >= 4 is 0 Å². The molecule has 2 bridgehead atoms. The summed E-state index contributed by atoms with van der Waals surface area (Å²) < 4.78 is 12.2. The van der Waals surface area contributed by atoms with Gasteiger partial charge in [-0.2, -0.15) is 0 Å². The monoisotopic (exact) mass is 319 g/mol. The molecule has 3 rings (SSSR count). The molecule has 23 heavy (non-hydrogen) atoms. The number of hydrogen-bond acceptors (Lipinski definition) is 2. The highest BCUT2D eigenvalue weighted by atomic mass is 19.1. The fourth-order valence-corrected chi connectivity index (χ4v) is 4.60. The molecule has 2 aliphatic rings. The topological polar surface area (TPSA) is 23.5 Å². The number of alkyl halides is 1. The first kappa shape index (κ1) is 16.9. The summed E-state index contributed by atoms with van der Waals surface area (Å²) in [5, 5.41) is 11.0. The Bertz CT molecular complexity index is 464. The molecule has 0 radical (unpaired) electrons. The molecule has 128 valence electrons. The lowest BCUT2D eigenvalue weighted by Crippen LogP contribution is -2.57. The summed E-state index contributed by atoms with van der Waals surface area (Å²) in [5.74, 6) is 0. The predicted octanol–water partition coefficient (Wildman–Crippen LogP) is 4.46. The first-order valence-corrected chi connectivity index (χ1v) is 9.28. The van der Waals surface area contributed by atoms with E-state index in [1.165, 1.54) is 24.8 Å². The smallest absolute Gasteiger partial charge is 0.0894 e. The molecule has 2 heterocycles. The largest absolute Gasteiger partial charge is 0.390 e. The maximum absolute atomic E-state index is 12.2. The number of fused-ring (bicyclic) bond motifs is 2.